The van der Waals surface area contributed by atoms with Gasteiger partial charge in [0.2, 0.25) is 0 Å². The lowest BCUT2D eigenvalue weighted by Crippen LogP contribution is -2.50. The molecular formula is C18H24N2. The SMILES string of the molecule is CC1=C(N)C(C)C(N)(C=Cc2ccccc2)C(C)=C1C. The smallest absolute Gasteiger partial charge is 0.0642 e. The fourth-order valence-corrected chi connectivity index (χ4v) is 2.80. The summed E-state index contributed by atoms with van der Waals surface area (Å²) < 4.78 is 0. The quantitative estimate of drug-likeness (QED) is 0.860. The fourth-order valence-electron chi connectivity index (χ4n) is 2.80. The van der Waals surface area contributed by atoms with E-state index in [9.17, 15) is 0 Å². The summed E-state index contributed by atoms with van der Waals surface area (Å²) >= 11 is 0. The van der Waals surface area contributed by atoms with E-state index in [4.69, 9.17) is 11.5 Å². The van der Waals surface area contributed by atoms with Gasteiger partial charge in [-0.25, -0.2) is 0 Å². The average molecular weight is 268 g/mol. The molecule has 0 saturated heterocycles. The Morgan fingerprint density at radius 3 is 2.25 bits per heavy atom. The molecule has 0 amide bonds. The lowest BCUT2D eigenvalue weighted by Gasteiger charge is -2.40. The van der Waals surface area contributed by atoms with Crippen LogP contribution in [0.2, 0.25) is 0 Å². The molecule has 2 heteroatoms. The van der Waals surface area contributed by atoms with E-state index in [1.165, 1.54) is 16.7 Å². The predicted octanol–water partition coefficient (Wildman–Crippen LogP) is 3.62. The topological polar surface area (TPSA) is 52.0 Å². The highest BCUT2D eigenvalue weighted by molar-refractivity contribution is 5.56. The van der Waals surface area contributed by atoms with Crippen molar-refractivity contribution in [3.05, 3.63) is 64.4 Å². The van der Waals surface area contributed by atoms with Crippen LogP contribution in [-0.2, 0) is 0 Å². The Hall–Kier alpha value is -1.80. The van der Waals surface area contributed by atoms with Gasteiger partial charge < -0.3 is 11.5 Å². The molecule has 1 aliphatic rings. The molecule has 4 N–H and O–H groups in total. The van der Waals surface area contributed by atoms with Gasteiger partial charge >= 0.3 is 0 Å². The van der Waals surface area contributed by atoms with Gasteiger partial charge in [0, 0.05) is 11.6 Å². The summed E-state index contributed by atoms with van der Waals surface area (Å²) in [6, 6.07) is 10.2. The van der Waals surface area contributed by atoms with Crippen molar-refractivity contribution in [2.24, 2.45) is 17.4 Å². The number of hydrogen-bond acceptors (Lipinski definition) is 2. The van der Waals surface area contributed by atoms with E-state index < -0.39 is 5.54 Å². The number of hydrogen-bond donors (Lipinski definition) is 2. The second-order valence-electron chi connectivity index (χ2n) is 5.73. The summed E-state index contributed by atoms with van der Waals surface area (Å²) in [4.78, 5) is 0. The lowest BCUT2D eigenvalue weighted by molar-refractivity contribution is 0.446. The Bertz CT molecular complexity index is 593. The van der Waals surface area contributed by atoms with Crippen molar-refractivity contribution in [2.75, 3.05) is 0 Å². The van der Waals surface area contributed by atoms with Crippen molar-refractivity contribution < 1.29 is 0 Å². The van der Waals surface area contributed by atoms with Crippen molar-refractivity contribution in [1.82, 2.24) is 0 Å². The highest BCUT2D eigenvalue weighted by atomic mass is 14.8. The first kappa shape index (κ1) is 14.6. The van der Waals surface area contributed by atoms with Crippen LogP contribution in [0, 0.1) is 5.92 Å². The third kappa shape index (κ3) is 2.32. The van der Waals surface area contributed by atoms with Crippen LogP contribution in [0.5, 0.6) is 0 Å². The Kier molecular flexibility index (Phi) is 3.87. The minimum Gasteiger partial charge on any atom is -0.402 e. The summed E-state index contributed by atoms with van der Waals surface area (Å²) in [6.45, 7) is 8.38. The highest BCUT2D eigenvalue weighted by Crippen LogP contribution is 2.39. The molecule has 0 fully saturated rings. The molecule has 2 nitrogen and oxygen atoms in total. The van der Waals surface area contributed by atoms with Crippen LogP contribution in [0.4, 0.5) is 0 Å². The Balaban J connectivity index is 2.42. The van der Waals surface area contributed by atoms with E-state index in [1.54, 1.807) is 0 Å². The summed E-state index contributed by atoms with van der Waals surface area (Å²) in [5.74, 6) is 0.103. The zero-order valence-electron chi connectivity index (χ0n) is 12.8. The van der Waals surface area contributed by atoms with Gasteiger partial charge in [-0.3, -0.25) is 0 Å². The van der Waals surface area contributed by atoms with Crippen molar-refractivity contribution in [3.63, 3.8) is 0 Å². The molecule has 106 valence electrons. The third-order valence-electron chi connectivity index (χ3n) is 4.74. The molecule has 2 unspecified atom stereocenters. The predicted molar refractivity (Wildman–Crippen MR) is 86.8 cm³/mol. The number of allylic oxidation sites excluding steroid dienone is 2. The molecule has 1 aliphatic carbocycles. The van der Waals surface area contributed by atoms with Crippen LogP contribution in [0.15, 0.2) is 58.8 Å². The van der Waals surface area contributed by atoms with Gasteiger partial charge in [-0.2, -0.15) is 0 Å². The molecule has 1 aromatic rings. The molecular weight excluding hydrogens is 244 g/mol. The Morgan fingerprint density at radius 1 is 1.05 bits per heavy atom. The minimum atomic E-state index is -0.510. The molecule has 20 heavy (non-hydrogen) atoms. The largest absolute Gasteiger partial charge is 0.402 e. The van der Waals surface area contributed by atoms with Gasteiger partial charge in [0.05, 0.1) is 5.54 Å². The molecule has 0 bridgehead atoms. The van der Waals surface area contributed by atoms with Crippen molar-refractivity contribution >= 4 is 6.08 Å². The van der Waals surface area contributed by atoms with E-state index in [0.717, 1.165) is 11.3 Å². The van der Waals surface area contributed by atoms with E-state index in [-0.39, 0.29) is 5.92 Å². The van der Waals surface area contributed by atoms with Crippen LogP contribution in [0.25, 0.3) is 6.08 Å². The minimum absolute atomic E-state index is 0.103. The number of nitrogens with two attached hydrogens (primary N) is 2. The third-order valence-corrected chi connectivity index (χ3v) is 4.74. The first-order chi connectivity index (χ1) is 9.38. The van der Waals surface area contributed by atoms with Crippen molar-refractivity contribution in [3.8, 4) is 0 Å². The Labute approximate surface area is 121 Å². The summed E-state index contributed by atoms with van der Waals surface area (Å²) in [6.07, 6.45) is 4.17. The summed E-state index contributed by atoms with van der Waals surface area (Å²) in [5.41, 5.74) is 18.0. The van der Waals surface area contributed by atoms with Gasteiger partial charge in [0.15, 0.2) is 0 Å². The first-order valence-corrected chi connectivity index (χ1v) is 7.05. The lowest BCUT2D eigenvalue weighted by atomic mass is 9.70. The number of benzene rings is 1. The molecule has 2 rings (SSSR count). The molecule has 0 aromatic heterocycles. The maximum atomic E-state index is 6.68. The molecule has 2 atom stereocenters. The van der Waals surface area contributed by atoms with E-state index in [1.807, 2.05) is 18.2 Å². The Morgan fingerprint density at radius 2 is 1.65 bits per heavy atom. The van der Waals surface area contributed by atoms with Gasteiger partial charge in [-0.15, -0.1) is 0 Å². The monoisotopic (exact) mass is 268 g/mol. The average Bonchev–Trinajstić information content (AvgIpc) is 2.48. The fraction of sp³-hybridized carbons (Fsp3) is 0.333. The maximum absolute atomic E-state index is 6.68. The number of rotatable bonds is 2. The van der Waals surface area contributed by atoms with Gasteiger partial charge in [-0.05, 0) is 43.1 Å². The molecule has 1 aromatic carbocycles. The second kappa shape index (κ2) is 5.29. The van der Waals surface area contributed by atoms with Crippen LogP contribution < -0.4 is 11.5 Å². The van der Waals surface area contributed by atoms with Gasteiger partial charge in [0.1, 0.15) is 0 Å². The first-order valence-electron chi connectivity index (χ1n) is 7.05. The molecule has 0 spiro atoms. The van der Waals surface area contributed by atoms with Gasteiger partial charge in [0.25, 0.3) is 0 Å². The molecule has 0 saturated carbocycles. The molecule has 0 radical (unpaired) electrons. The van der Waals surface area contributed by atoms with Crippen LogP contribution in [0.1, 0.15) is 33.3 Å². The molecule has 0 heterocycles. The van der Waals surface area contributed by atoms with Crippen LogP contribution in [0.3, 0.4) is 0 Å². The second-order valence-corrected chi connectivity index (χ2v) is 5.73. The molecule has 0 aliphatic heterocycles. The van der Waals surface area contributed by atoms with E-state index >= 15 is 0 Å². The zero-order valence-corrected chi connectivity index (χ0v) is 12.8. The normalized spacial score (nSPS) is 27.6. The van der Waals surface area contributed by atoms with Gasteiger partial charge in [-0.1, -0.05) is 49.4 Å². The highest BCUT2D eigenvalue weighted by Gasteiger charge is 2.37. The summed E-state index contributed by atoms with van der Waals surface area (Å²) in [5, 5.41) is 0. The van der Waals surface area contributed by atoms with Crippen LogP contribution in [-0.4, -0.2) is 5.54 Å². The van der Waals surface area contributed by atoms with E-state index in [2.05, 4.69) is 52.0 Å². The zero-order chi connectivity index (χ0) is 14.9. The summed E-state index contributed by atoms with van der Waals surface area (Å²) in [7, 11) is 0. The van der Waals surface area contributed by atoms with E-state index in [0.29, 0.717) is 0 Å². The van der Waals surface area contributed by atoms with Crippen LogP contribution >= 0.6 is 0 Å². The maximum Gasteiger partial charge on any atom is 0.0642 e. The van der Waals surface area contributed by atoms with Crippen molar-refractivity contribution in [1.29, 1.82) is 0 Å². The standard InChI is InChI=1S/C18H24N2/c1-12-13(2)17(19)15(4)18(20,14(12)3)11-10-16-8-6-5-7-9-16/h5-11,15H,19-20H2,1-4H3. The van der Waals surface area contributed by atoms with Crippen molar-refractivity contribution in [2.45, 2.75) is 33.2 Å².